The molecule has 1 heterocycles. The lowest BCUT2D eigenvalue weighted by Gasteiger charge is -2.22. The van der Waals surface area contributed by atoms with Crippen molar-refractivity contribution >= 4 is 56.6 Å². The number of thiazole rings is 1. The van der Waals surface area contributed by atoms with Gasteiger partial charge in [0.25, 0.3) is 5.91 Å². The largest absolute Gasteiger partial charge is 0.497 e. The van der Waals surface area contributed by atoms with Gasteiger partial charge >= 0.3 is 0 Å². The average molecular weight is 456 g/mol. The van der Waals surface area contributed by atoms with Gasteiger partial charge in [-0.3, -0.25) is 9.69 Å². The van der Waals surface area contributed by atoms with Crippen molar-refractivity contribution in [1.29, 1.82) is 0 Å². The Morgan fingerprint density at radius 3 is 2.55 bits per heavy atom. The number of methoxy groups -OCH3 is 2. The van der Waals surface area contributed by atoms with E-state index >= 15 is 0 Å². The number of rotatable bonds is 7. The first kappa shape index (κ1) is 23.2. The normalized spacial score (nSPS) is 10.7. The van der Waals surface area contributed by atoms with E-state index in [1.807, 2.05) is 25.1 Å². The van der Waals surface area contributed by atoms with Crippen LogP contribution in [0, 0.1) is 0 Å². The summed E-state index contributed by atoms with van der Waals surface area (Å²) in [5.41, 5.74) is 1.19. The van der Waals surface area contributed by atoms with E-state index in [-0.39, 0.29) is 18.3 Å². The van der Waals surface area contributed by atoms with Crippen LogP contribution in [-0.4, -0.2) is 57.2 Å². The summed E-state index contributed by atoms with van der Waals surface area (Å²) in [4.78, 5) is 21.7. The van der Waals surface area contributed by atoms with Crippen LogP contribution in [0.3, 0.4) is 0 Å². The Morgan fingerprint density at radius 2 is 1.90 bits per heavy atom. The van der Waals surface area contributed by atoms with Gasteiger partial charge in [0.2, 0.25) is 0 Å². The number of hydrogen-bond acceptors (Lipinski definition) is 6. The highest BCUT2D eigenvalue weighted by molar-refractivity contribution is 7.23. The molecule has 0 N–H and O–H groups in total. The molecule has 0 saturated heterocycles. The van der Waals surface area contributed by atoms with E-state index in [4.69, 9.17) is 21.1 Å². The summed E-state index contributed by atoms with van der Waals surface area (Å²) in [5.74, 6) is 1.12. The molecular weight excluding hydrogens is 433 g/mol. The number of anilines is 1. The van der Waals surface area contributed by atoms with Crippen LogP contribution in [0.4, 0.5) is 5.13 Å². The molecule has 0 radical (unpaired) electrons. The van der Waals surface area contributed by atoms with Gasteiger partial charge in [0, 0.05) is 18.7 Å². The van der Waals surface area contributed by atoms with E-state index in [0.717, 1.165) is 4.70 Å². The van der Waals surface area contributed by atoms with E-state index < -0.39 is 0 Å². The summed E-state index contributed by atoms with van der Waals surface area (Å²) in [7, 11) is 7.10. The maximum Gasteiger partial charge on any atom is 0.260 e. The molecule has 0 aliphatic heterocycles. The Labute approximate surface area is 185 Å². The molecule has 0 spiro atoms. The van der Waals surface area contributed by atoms with Gasteiger partial charge in [0.15, 0.2) is 5.13 Å². The number of nitrogens with zero attached hydrogens (tertiary/aromatic N) is 3. The molecule has 0 aliphatic carbocycles. The van der Waals surface area contributed by atoms with Crippen molar-refractivity contribution in [3.05, 3.63) is 47.0 Å². The molecule has 3 aromatic rings. The minimum Gasteiger partial charge on any atom is -0.497 e. The standard InChI is InChI=1S/C20H22ClN3O3S.ClH/c1-23(2)10-11-24(19(25)13-6-5-7-14(12-13)26-3)20-22-17-16(27-4)9-8-15(21)18(17)28-20;/h5-9,12H,10-11H2,1-4H3;1H. The lowest BCUT2D eigenvalue weighted by Crippen LogP contribution is -2.36. The van der Waals surface area contributed by atoms with Crippen LogP contribution < -0.4 is 14.4 Å². The van der Waals surface area contributed by atoms with Crippen molar-refractivity contribution in [1.82, 2.24) is 9.88 Å². The molecule has 3 rings (SSSR count). The second kappa shape index (κ2) is 10.1. The number of fused-ring (bicyclic) bond motifs is 1. The van der Waals surface area contributed by atoms with Gasteiger partial charge in [-0.15, -0.1) is 12.4 Å². The third-order valence-corrected chi connectivity index (χ3v) is 5.77. The average Bonchev–Trinajstić information content (AvgIpc) is 3.14. The molecule has 156 valence electrons. The molecule has 0 saturated carbocycles. The van der Waals surface area contributed by atoms with Gasteiger partial charge in [0.05, 0.1) is 23.9 Å². The molecule has 0 fully saturated rings. The highest BCUT2D eigenvalue weighted by Crippen LogP contribution is 2.39. The first-order chi connectivity index (χ1) is 13.4. The number of carbonyl (C=O) groups excluding carboxylic acids is 1. The monoisotopic (exact) mass is 455 g/mol. The fraction of sp³-hybridized carbons (Fsp3) is 0.300. The summed E-state index contributed by atoms with van der Waals surface area (Å²) < 4.78 is 11.5. The summed E-state index contributed by atoms with van der Waals surface area (Å²) in [6.45, 7) is 1.18. The van der Waals surface area contributed by atoms with E-state index in [1.54, 1.807) is 49.5 Å². The molecule has 6 nitrogen and oxygen atoms in total. The predicted molar refractivity (Wildman–Crippen MR) is 122 cm³/mol. The second-order valence-electron chi connectivity index (χ2n) is 6.42. The van der Waals surface area contributed by atoms with Crippen LogP contribution in [0.25, 0.3) is 10.2 Å². The maximum absolute atomic E-state index is 13.3. The number of benzene rings is 2. The van der Waals surface area contributed by atoms with Gasteiger partial charge in [-0.05, 0) is 44.4 Å². The first-order valence-electron chi connectivity index (χ1n) is 8.68. The summed E-state index contributed by atoms with van der Waals surface area (Å²) in [5, 5.41) is 1.16. The topological polar surface area (TPSA) is 54.9 Å². The van der Waals surface area contributed by atoms with Crippen molar-refractivity contribution in [2.75, 3.05) is 46.3 Å². The van der Waals surface area contributed by atoms with E-state index in [9.17, 15) is 4.79 Å². The zero-order valence-electron chi connectivity index (χ0n) is 16.6. The third kappa shape index (κ3) is 5.11. The molecule has 0 atom stereocenters. The molecular formula is C20H23Cl2N3O3S. The number of amides is 1. The SMILES string of the molecule is COc1cccc(C(=O)N(CCN(C)C)c2nc3c(OC)ccc(Cl)c3s2)c1.Cl. The molecule has 9 heteroatoms. The zero-order chi connectivity index (χ0) is 20.3. The number of carbonyl (C=O) groups is 1. The third-order valence-electron chi connectivity index (χ3n) is 4.23. The van der Waals surface area contributed by atoms with Crippen molar-refractivity contribution in [3.63, 3.8) is 0 Å². The van der Waals surface area contributed by atoms with Crippen LogP contribution in [0.5, 0.6) is 11.5 Å². The number of aromatic nitrogens is 1. The number of ether oxygens (including phenoxy) is 2. The van der Waals surface area contributed by atoms with Crippen LogP contribution >= 0.6 is 35.3 Å². The summed E-state index contributed by atoms with van der Waals surface area (Å²) in [6.07, 6.45) is 0. The highest BCUT2D eigenvalue weighted by Gasteiger charge is 2.23. The maximum atomic E-state index is 13.3. The number of halogens is 2. The second-order valence-corrected chi connectivity index (χ2v) is 7.80. The van der Waals surface area contributed by atoms with Crippen molar-refractivity contribution in [3.8, 4) is 11.5 Å². The van der Waals surface area contributed by atoms with Gasteiger partial charge in [0.1, 0.15) is 17.0 Å². The van der Waals surface area contributed by atoms with Crippen LogP contribution in [0.2, 0.25) is 5.02 Å². The molecule has 0 unspecified atom stereocenters. The Balaban J connectivity index is 0.00000300. The van der Waals surface area contributed by atoms with Gasteiger partial charge in [-0.2, -0.15) is 0 Å². The minimum absolute atomic E-state index is 0. The van der Waals surface area contributed by atoms with Crippen LogP contribution in [-0.2, 0) is 0 Å². The van der Waals surface area contributed by atoms with E-state index in [1.165, 1.54) is 11.3 Å². The lowest BCUT2D eigenvalue weighted by atomic mass is 10.2. The van der Waals surface area contributed by atoms with Gasteiger partial charge in [-0.25, -0.2) is 4.98 Å². The van der Waals surface area contributed by atoms with Crippen LogP contribution in [0.15, 0.2) is 36.4 Å². The van der Waals surface area contributed by atoms with Gasteiger partial charge in [-0.1, -0.05) is 29.0 Å². The van der Waals surface area contributed by atoms with Crippen molar-refractivity contribution < 1.29 is 14.3 Å². The molecule has 0 bridgehead atoms. The summed E-state index contributed by atoms with van der Waals surface area (Å²) >= 11 is 7.73. The first-order valence-corrected chi connectivity index (χ1v) is 9.87. The fourth-order valence-corrected chi connectivity index (χ4v) is 4.00. The molecule has 1 amide bonds. The van der Waals surface area contributed by atoms with Crippen molar-refractivity contribution in [2.24, 2.45) is 0 Å². The smallest absolute Gasteiger partial charge is 0.260 e. The highest BCUT2D eigenvalue weighted by atomic mass is 35.5. The minimum atomic E-state index is -0.144. The van der Waals surface area contributed by atoms with Gasteiger partial charge < -0.3 is 14.4 Å². The molecule has 2 aromatic carbocycles. The lowest BCUT2D eigenvalue weighted by molar-refractivity contribution is 0.0985. The van der Waals surface area contributed by atoms with E-state index in [2.05, 4.69) is 4.98 Å². The molecule has 0 aliphatic rings. The van der Waals surface area contributed by atoms with Crippen LogP contribution in [0.1, 0.15) is 10.4 Å². The Morgan fingerprint density at radius 1 is 1.14 bits per heavy atom. The Bertz CT molecular complexity index is 994. The summed E-state index contributed by atoms with van der Waals surface area (Å²) in [6, 6.07) is 10.7. The quantitative estimate of drug-likeness (QED) is 0.520. The van der Waals surface area contributed by atoms with E-state index in [0.29, 0.717) is 45.8 Å². The number of hydrogen-bond donors (Lipinski definition) is 0. The Kier molecular flexibility index (Phi) is 8.10. The number of likely N-dealkylation sites (N-methyl/N-ethyl adjacent to an activating group) is 1. The predicted octanol–water partition coefficient (Wildman–Crippen LogP) is 4.60. The fourth-order valence-electron chi connectivity index (χ4n) is 2.72. The Hall–Kier alpha value is -2.06. The molecule has 1 aromatic heterocycles. The molecule has 29 heavy (non-hydrogen) atoms. The zero-order valence-corrected chi connectivity index (χ0v) is 19.0. The van der Waals surface area contributed by atoms with Crippen molar-refractivity contribution in [2.45, 2.75) is 0 Å².